The van der Waals surface area contributed by atoms with Crippen LogP contribution in [0.1, 0.15) is 12.0 Å². The molecule has 1 aromatic rings. The van der Waals surface area contributed by atoms with Crippen molar-refractivity contribution in [3.63, 3.8) is 0 Å². The summed E-state index contributed by atoms with van der Waals surface area (Å²) >= 11 is 5.62. The summed E-state index contributed by atoms with van der Waals surface area (Å²) in [4.78, 5) is 11.3. The van der Waals surface area contributed by atoms with Crippen LogP contribution in [0.3, 0.4) is 0 Å². The van der Waals surface area contributed by atoms with E-state index in [0.29, 0.717) is 5.57 Å². The van der Waals surface area contributed by atoms with E-state index in [1.54, 1.807) is 0 Å². The molecule has 0 spiro atoms. The van der Waals surface area contributed by atoms with Crippen molar-refractivity contribution < 1.29 is 9.53 Å². The van der Waals surface area contributed by atoms with Crippen LogP contribution >= 0.6 is 11.6 Å². The van der Waals surface area contributed by atoms with Gasteiger partial charge in [0.1, 0.15) is 6.10 Å². The van der Waals surface area contributed by atoms with Gasteiger partial charge in [0.2, 0.25) is 0 Å². The second-order valence-electron chi connectivity index (χ2n) is 3.79. The lowest BCUT2D eigenvalue weighted by molar-refractivity contribution is -0.139. The number of cyclic esters (lactones) is 1. The summed E-state index contributed by atoms with van der Waals surface area (Å²) in [5.74, 6) is -0.0335. The first kappa shape index (κ1) is 11.2. The third-order valence-electron chi connectivity index (χ3n) is 2.61. The lowest BCUT2D eigenvalue weighted by Gasteiger charge is -2.07. The highest BCUT2D eigenvalue weighted by Gasteiger charge is 2.23. The molecule has 0 amide bonds. The van der Waals surface area contributed by atoms with Gasteiger partial charge in [-0.1, -0.05) is 30.3 Å². The van der Waals surface area contributed by atoms with Crippen LogP contribution in [0.4, 0.5) is 0 Å². The fourth-order valence-electron chi connectivity index (χ4n) is 1.73. The average Bonchev–Trinajstić information content (AvgIpc) is 2.69. The number of esters is 1. The molecule has 3 heteroatoms. The van der Waals surface area contributed by atoms with Crippen LogP contribution in [0.2, 0.25) is 0 Å². The van der Waals surface area contributed by atoms with Crippen molar-refractivity contribution in [2.75, 3.05) is 5.88 Å². The summed E-state index contributed by atoms with van der Waals surface area (Å²) in [6, 6.07) is 10.2. The predicted octanol–water partition coefficient (Wildman–Crippen LogP) is 2.71. The van der Waals surface area contributed by atoms with Crippen LogP contribution in [0.5, 0.6) is 0 Å². The number of alkyl halides is 1. The molecule has 0 saturated carbocycles. The fourth-order valence-corrected chi connectivity index (χ4v) is 1.93. The Bertz CT molecular complexity index is 398. The monoisotopic (exact) mass is 236 g/mol. The minimum absolute atomic E-state index is 0.110. The Labute approximate surface area is 99.9 Å². The Balaban J connectivity index is 1.89. The van der Waals surface area contributed by atoms with E-state index < -0.39 is 0 Å². The van der Waals surface area contributed by atoms with E-state index >= 15 is 0 Å². The molecule has 0 fully saturated rings. The molecule has 0 aliphatic carbocycles. The molecule has 1 aliphatic rings. The highest BCUT2D eigenvalue weighted by molar-refractivity contribution is 6.22. The van der Waals surface area contributed by atoms with Crippen LogP contribution in [-0.4, -0.2) is 18.0 Å². The van der Waals surface area contributed by atoms with E-state index in [-0.39, 0.29) is 18.0 Å². The van der Waals surface area contributed by atoms with Gasteiger partial charge in [0.15, 0.2) is 0 Å². The zero-order valence-corrected chi connectivity index (χ0v) is 9.61. The van der Waals surface area contributed by atoms with Crippen LogP contribution in [0, 0.1) is 0 Å². The summed E-state index contributed by atoms with van der Waals surface area (Å²) in [6.45, 7) is 0. The summed E-state index contributed by atoms with van der Waals surface area (Å²) in [7, 11) is 0. The molecule has 2 nitrogen and oxygen atoms in total. The average molecular weight is 237 g/mol. The van der Waals surface area contributed by atoms with E-state index in [1.807, 2.05) is 24.3 Å². The van der Waals surface area contributed by atoms with Crippen LogP contribution < -0.4 is 0 Å². The van der Waals surface area contributed by atoms with Crippen molar-refractivity contribution >= 4 is 17.6 Å². The first-order valence-corrected chi connectivity index (χ1v) is 5.84. The number of rotatable bonds is 4. The van der Waals surface area contributed by atoms with E-state index in [0.717, 1.165) is 12.8 Å². The molecule has 0 N–H and O–H groups in total. The number of halogens is 1. The van der Waals surface area contributed by atoms with E-state index in [9.17, 15) is 4.79 Å². The minimum atomic E-state index is -0.270. The van der Waals surface area contributed by atoms with Crippen molar-refractivity contribution in [3.05, 3.63) is 47.5 Å². The van der Waals surface area contributed by atoms with Crippen molar-refractivity contribution in [2.24, 2.45) is 0 Å². The minimum Gasteiger partial charge on any atom is -0.455 e. The van der Waals surface area contributed by atoms with Crippen molar-refractivity contribution in [3.8, 4) is 0 Å². The quantitative estimate of drug-likeness (QED) is 0.594. The van der Waals surface area contributed by atoms with Gasteiger partial charge in [0.25, 0.3) is 0 Å². The van der Waals surface area contributed by atoms with Gasteiger partial charge in [-0.15, -0.1) is 11.6 Å². The highest BCUT2D eigenvalue weighted by Crippen LogP contribution is 2.19. The summed E-state index contributed by atoms with van der Waals surface area (Å²) in [5.41, 5.74) is 1.84. The first-order valence-electron chi connectivity index (χ1n) is 5.31. The molecular formula is C13H13ClO2. The fraction of sp³-hybridized carbons (Fsp3) is 0.308. The lowest BCUT2D eigenvalue weighted by Crippen LogP contribution is -2.09. The maximum atomic E-state index is 11.3. The van der Waals surface area contributed by atoms with Gasteiger partial charge < -0.3 is 4.74 Å². The molecule has 84 valence electrons. The molecule has 0 bridgehead atoms. The van der Waals surface area contributed by atoms with Crippen LogP contribution in [-0.2, 0) is 16.0 Å². The van der Waals surface area contributed by atoms with Crippen LogP contribution in [0.25, 0.3) is 0 Å². The summed E-state index contributed by atoms with van der Waals surface area (Å²) in [5, 5.41) is 0. The summed E-state index contributed by atoms with van der Waals surface area (Å²) < 4.78 is 5.17. The Hall–Kier alpha value is -1.28. The number of carbonyl (C=O) groups excluding carboxylic acids is 1. The number of ether oxygens (including phenoxy) is 1. The normalized spacial score (nSPS) is 19.4. The molecule has 1 aliphatic heterocycles. The van der Waals surface area contributed by atoms with Crippen molar-refractivity contribution in [1.29, 1.82) is 0 Å². The van der Waals surface area contributed by atoms with Gasteiger partial charge in [-0.3, -0.25) is 0 Å². The number of carbonyl (C=O) groups is 1. The van der Waals surface area contributed by atoms with E-state index in [2.05, 4.69) is 12.1 Å². The maximum absolute atomic E-state index is 11.3. The molecule has 2 rings (SSSR count). The van der Waals surface area contributed by atoms with Gasteiger partial charge >= 0.3 is 5.97 Å². The number of aryl methyl sites for hydroxylation is 1. The predicted molar refractivity (Wildman–Crippen MR) is 63.4 cm³/mol. The maximum Gasteiger partial charge on any atom is 0.335 e. The summed E-state index contributed by atoms with van der Waals surface area (Å²) in [6.07, 6.45) is 3.45. The largest absolute Gasteiger partial charge is 0.455 e. The lowest BCUT2D eigenvalue weighted by atomic mass is 10.1. The number of benzene rings is 1. The SMILES string of the molecule is O=C1OC(CCc2ccccc2)C=C1CCl. The molecule has 0 radical (unpaired) electrons. The zero-order chi connectivity index (χ0) is 11.4. The molecule has 1 heterocycles. The Morgan fingerprint density at radius 3 is 2.62 bits per heavy atom. The van der Waals surface area contributed by atoms with Crippen molar-refractivity contribution in [1.82, 2.24) is 0 Å². The molecule has 0 aromatic heterocycles. The van der Waals surface area contributed by atoms with E-state index in [4.69, 9.17) is 16.3 Å². The number of hydrogen-bond donors (Lipinski definition) is 0. The van der Waals surface area contributed by atoms with Gasteiger partial charge in [-0.25, -0.2) is 4.79 Å². The Kier molecular flexibility index (Phi) is 3.62. The van der Waals surface area contributed by atoms with E-state index in [1.165, 1.54) is 5.56 Å². The van der Waals surface area contributed by atoms with Gasteiger partial charge in [0.05, 0.1) is 11.5 Å². The molecule has 1 unspecified atom stereocenters. The smallest absolute Gasteiger partial charge is 0.335 e. The van der Waals surface area contributed by atoms with Crippen molar-refractivity contribution in [2.45, 2.75) is 18.9 Å². The number of hydrogen-bond acceptors (Lipinski definition) is 2. The second kappa shape index (κ2) is 5.17. The Morgan fingerprint density at radius 1 is 1.25 bits per heavy atom. The van der Waals surface area contributed by atoms with Gasteiger partial charge in [-0.2, -0.15) is 0 Å². The molecule has 1 atom stereocenters. The topological polar surface area (TPSA) is 26.3 Å². The molecule has 16 heavy (non-hydrogen) atoms. The third kappa shape index (κ3) is 2.64. The third-order valence-corrected chi connectivity index (χ3v) is 2.90. The molecular weight excluding hydrogens is 224 g/mol. The van der Waals surface area contributed by atoms with Crippen LogP contribution in [0.15, 0.2) is 42.0 Å². The van der Waals surface area contributed by atoms with Gasteiger partial charge in [-0.05, 0) is 24.5 Å². The molecule has 0 saturated heterocycles. The van der Waals surface area contributed by atoms with Gasteiger partial charge in [0, 0.05) is 0 Å². The highest BCUT2D eigenvalue weighted by atomic mass is 35.5. The standard InChI is InChI=1S/C13H13ClO2/c14-9-11-8-12(16-13(11)15)7-6-10-4-2-1-3-5-10/h1-5,8,12H,6-7,9H2. The first-order chi connectivity index (χ1) is 7.79. The Morgan fingerprint density at radius 2 is 2.00 bits per heavy atom. The zero-order valence-electron chi connectivity index (χ0n) is 8.86. The molecule has 1 aromatic carbocycles. The second-order valence-corrected chi connectivity index (χ2v) is 4.06.